The van der Waals surface area contributed by atoms with Crippen molar-refractivity contribution in [1.82, 2.24) is 4.98 Å². The Hall–Kier alpha value is -1.89. The maximum absolute atomic E-state index is 4.73. The van der Waals surface area contributed by atoms with Crippen molar-refractivity contribution >= 4 is 12.2 Å². The van der Waals surface area contributed by atoms with Gasteiger partial charge < -0.3 is 0 Å². The molecule has 31 heavy (non-hydrogen) atoms. The van der Waals surface area contributed by atoms with Crippen LogP contribution in [0.2, 0.25) is 0 Å². The summed E-state index contributed by atoms with van der Waals surface area (Å²) in [5.74, 6) is 3.42. The lowest BCUT2D eigenvalue weighted by Gasteiger charge is -2.28. The van der Waals surface area contributed by atoms with Crippen molar-refractivity contribution in [3.8, 4) is 0 Å². The minimum absolute atomic E-state index is 0.720. The summed E-state index contributed by atoms with van der Waals surface area (Å²) in [6, 6.07) is 13.8. The average Bonchev–Trinajstić information content (AvgIpc) is 2.84. The smallest absolute Gasteiger partial charge is 0.0630 e. The first-order chi connectivity index (χ1) is 15.2. The van der Waals surface area contributed by atoms with E-state index < -0.39 is 0 Å². The maximum Gasteiger partial charge on any atom is 0.0630 e. The number of nitrogens with zero attached hydrogens (tertiary/aromatic N) is 1. The number of rotatable bonds is 7. The Morgan fingerprint density at radius 2 is 1.32 bits per heavy atom. The second-order valence-electron chi connectivity index (χ2n) is 10.1. The number of hydrogen-bond donors (Lipinski definition) is 0. The quantitative estimate of drug-likeness (QED) is 0.439. The van der Waals surface area contributed by atoms with Crippen molar-refractivity contribution in [2.45, 2.75) is 96.3 Å². The van der Waals surface area contributed by atoms with E-state index in [0.717, 1.165) is 29.4 Å². The average molecular weight is 416 g/mol. The van der Waals surface area contributed by atoms with Gasteiger partial charge in [0.2, 0.25) is 0 Å². The molecule has 0 amide bonds. The molecule has 2 saturated carbocycles. The number of hydrogen-bond acceptors (Lipinski definition) is 1. The first kappa shape index (κ1) is 22.3. The van der Waals surface area contributed by atoms with Crippen LogP contribution in [0.15, 0.2) is 42.6 Å². The minimum Gasteiger partial charge on any atom is -0.257 e. The van der Waals surface area contributed by atoms with Crippen LogP contribution in [0.5, 0.6) is 0 Å². The van der Waals surface area contributed by atoms with Gasteiger partial charge >= 0.3 is 0 Å². The van der Waals surface area contributed by atoms with Gasteiger partial charge in [0, 0.05) is 6.20 Å². The van der Waals surface area contributed by atoms with Crippen molar-refractivity contribution in [2.75, 3.05) is 0 Å². The number of pyridine rings is 1. The summed E-state index contributed by atoms with van der Waals surface area (Å²) in [4.78, 5) is 4.73. The molecule has 2 aromatic rings. The molecule has 166 valence electrons. The second-order valence-corrected chi connectivity index (χ2v) is 10.1. The van der Waals surface area contributed by atoms with Gasteiger partial charge in [-0.1, -0.05) is 69.5 Å². The predicted octanol–water partition coefficient (Wildman–Crippen LogP) is 9.01. The van der Waals surface area contributed by atoms with Gasteiger partial charge in [-0.2, -0.15) is 0 Å². The Morgan fingerprint density at radius 3 is 1.90 bits per heavy atom. The summed E-state index contributed by atoms with van der Waals surface area (Å²) in [6.07, 6.45) is 21.6. The molecule has 0 atom stereocenters. The van der Waals surface area contributed by atoms with Crippen molar-refractivity contribution < 1.29 is 0 Å². The Morgan fingerprint density at radius 1 is 0.710 bits per heavy atom. The maximum atomic E-state index is 4.73. The monoisotopic (exact) mass is 415 g/mol. The highest BCUT2D eigenvalue weighted by atomic mass is 14.7. The SMILES string of the molecule is CCCC1CCC(c2ccc(C=Cc3ccc(C4CCC(CC)CC4)cn3)cc2)CC1. The zero-order valence-electron chi connectivity index (χ0n) is 19.7. The van der Waals surface area contributed by atoms with E-state index in [1.165, 1.54) is 87.3 Å². The summed E-state index contributed by atoms with van der Waals surface area (Å²) in [7, 11) is 0. The van der Waals surface area contributed by atoms with Gasteiger partial charge in [0.15, 0.2) is 0 Å². The molecule has 0 bridgehead atoms. The summed E-state index contributed by atoms with van der Waals surface area (Å²) in [5, 5.41) is 0. The van der Waals surface area contributed by atoms with Gasteiger partial charge in [-0.15, -0.1) is 0 Å². The highest BCUT2D eigenvalue weighted by molar-refractivity contribution is 5.68. The van der Waals surface area contributed by atoms with Gasteiger partial charge in [-0.25, -0.2) is 0 Å². The number of aromatic nitrogens is 1. The highest BCUT2D eigenvalue weighted by Gasteiger charge is 2.22. The van der Waals surface area contributed by atoms with Gasteiger partial charge in [-0.3, -0.25) is 4.98 Å². The van der Waals surface area contributed by atoms with Crippen LogP contribution in [-0.2, 0) is 0 Å². The molecule has 2 fully saturated rings. The lowest BCUT2D eigenvalue weighted by molar-refractivity contribution is 0.308. The van der Waals surface area contributed by atoms with Crippen LogP contribution in [0, 0.1) is 11.8 Å². The molecular formula is C30H41N. The Bertz CT molecular complexity index is 800. The van der Waals surface area contributed by atoms with Crippen LogP contribution in [0.25, 0.3) is 12.2 Å². The molecule has 1 aromatic carbocycles. The molecule has 0 saturated heterocycles. The van der Waals surface area contributed by atoms with Crippen molar-refractivity contribution in [3.05, 3.63) is 65.0 Å². The van der Waals surface area contributed by atoms with Crippen molar-refractivity contribution in [3.63, 3.8) is 0 Å². The molecule has 0 spiro atoms. The van der Waals surface area contributed by atoms with E-state index in [1.807, 2.05) is 0 Å². The molecule has 0 aliphatic heterocycles. The molecule has 1 nitrogen and oxygen atoms in total. The van der Waals surface area contributed by atoms with E-state index in [0.29, 0.717) is 0 Å². The zero-order valence-corrected chi connectivity index (χ0v) is 19.7. The van der Waals surface area contributed by atoms with E-state index in [4.69, 9.17) is 4.98 Å². The first-order valence-electron chi connectivity index (χ1n) is 13.0. The van der Waals surface area contributed by atoms with E-state index in [2.05, 4.69) is 68.6 Å². The zero-order chi connectivity index (χ0) is 21.5. The minimum atomic E-state index is 0.720. The standard InChI is InChI=1S/C30H41N/c1-3-5-24-8-15-26(16-9-24)27-17-10-25(11-18-27)12-20-30-21-19-29(22-31-30)28-13-6-23(4-2)7-14-28/h10-12,17-24,26,28H,3-9,13-16H2,1-2H3. The van der Waals surface area contributed by atoms with Gasteiger partial charge in [0.1, 0.15) is 0 Å². The summed E-state index contributed by atoms with van der Waals surface area (Å²) < 4.78 is 0. The molecule has 1 aromatic heterocycles. The van der Waals surface area contributed by atoms with Gasteiger partial charge in [0.05, 0.1) is 5.69 Å². The molecule has 2 aliphatic carbocycles. The van der Waals surface area contributed by atoms with Crippen LogP contribution in [0.1, 0.15) is 119 Å². The molecule has 0 unspecified atom stereocenters. The summed E-state index contributed by atoms with van der Waals surface area (Å²) in [5.41, 5.74) is 5.30. The second kappa shape index (κ2) is 11.1. The Kier molecular flexibility index (Phi) is 8.00. The topological polar surface area (TPSA) is 12.9 Å². The molecule has 0 N–H and O–H groups in total. The largest absolute Gasteiger partial charge is 0.257 e. The third-order valence-corrected chi connectivity index (χ3v) is 8.10. The van der Waals surface area contributed by atoms with E-state index in [1.54, 1.807) is 0 Å². The lowest BCUT2D eigenvalue weighted by atomic mass is 9.77. The molecular weight excluding hydrogens is 374 g/mol. The molecule has 1 heterocycles. The first-order valence-corrected chi connectivity index (χ1v) is 13.0. The summed E-state index contributed by atoms with van der Waals surface area (Å²) in [6.45, 7) is 4.65. The van der Waals surface area contributed by atoms with Crippen LogP contribution >= 0.6 is 0 Å². The van der Waals surface area contributed by atoms with Crippen LogP contribution in [-0.4, -0.2) is 4.98 Å². The fourth-order valence-electron chi connectivity index (χ4n) is 5.91. The normalized spacial score (nSPS) is 26.9. The van der Waals surface area contributed by atoms with Gasteiger partial charge in [-0.05, 0) is 104 Å². The predicted molar refractivity (Wildman–Crippen MR) is 134 cm³/mol. The molecule has 2 aliphatic rings. The van der Waals surface area contributed by atoms with Crippen molar-refractivity contribution in [1.29, 1.82) is 0 Å². The van der Waals surface area contributed by atoms with E-state index >= 15 is 0 Å². The fourth-order valence-corrected chi connectivity index (χ4v) is 5.91. The van der Waals surface area contributed by atoms with Gasteiger partial charge in [0.25, 0.3) is 0 Å². The van der Waals surface area contributed by atoms with Crippen LogP contribution < -0.4 is 0 Å². The molecule has 0 radical (unpaired) electrons. The molecule has 1 heteroatoms. The highest BCUT2D eigenvalue weighted by Crippen LogP contribution is 2.38. The van der Waals surface area contributed by atoms with Crippen molar-refractivity contribution in [2.24, 2.45) is 11.8 Å². The third kappa shape index (κ3) is 6.09. The number of benzene rings is 1. The Labute approximate surface area is 190 Å². The van der Waals surface area contributed by atoms with E-state index in [-0.39, 0.29) is 0 Å². The lowest BCUT2D eigenvalue weighted by Crippen LogP contribution is -2.13. The van der Waals surface area contributed by atoms with E-state index in [9.17, 15) is 0 Å². The molecule has 4 rings (SSSR count). The fraction of sp³-hybridized carbons (Fsp3) is 0.567. The van der Waals surface area contributed by atoms with Crippen LogP contribution in [0.3, 0.4) is 0 Å². The third-order valence-electron chi connectivity index (χ3n) is 8.10. The summed E-state index contributed by atoms with van der Waals surface area (Å²) >= 11 is 0. The van der Waals surface area contributed by atoms with Crippen LogP contribution in [0.4, 0.5) is 0 Å². The Balaban J connectivity index is 1.30.